The summed E-state index contributed by atoms with van der Waals surface area (Å²) in [6.45, 7) is 9.65. The van der Waals surface area contributed by atoms with Crippen LogP contribution in [0, 0.1) is 5.41 Å². The molecule has 148 valence electrons. The molecule has 1 heterocycles. The topological polar surface area (TPSA) is 35.9 Å². The molecule has 0 bridgehead atoms. The second-order valence-corrected chi connectivity index (χ2v) is 10.5. The number of thioether (sulfide) groups is 2. The van der Waals surface area contributed by atoms with Crippen molar-refractivity contribution in [1.82, 2.24) is 9.80 Å². The average Bonchev–Trinajstić information content (AvgIpc) is 2.60. The minimum atomic E-state index is 0.0647. The van der Waals surface area contributed by atoms with Crippen LogP contribution < -0.4 is 0 Å². The highest BCUT2D eigenvalue weighted by molar-refractivity contribution is 8.23. The molecule has 1 aliphatic heterocycles. The molecule has 0 aromatic heterocycles. The van der Waals surface area contributed by atoms with E-state index in [2.05, 4.69) is 50.8 Å². The Morgan fingerprint density at radius 2 is 2.04 bits per heavy atom. The number of benzene rings is 1. The Morgan fingerprint density at radius 1 is 1.37 bits per heavy atom. The summed E-state index contributed by atoms with van der Waals surface area (Å²) in [7, 11) is 3.53. The maximum absolute atomic E-state index is 11.9. The Balaban J connectivity index is 2.28. The number of hydrogen-bond acceptors (Lipinski definition) is 5. The van der Waals surface area contributed by atoms with Gasteiger partial charge in [-0.3, -0.25) is 4.79 Å². The number of nitrogens with zero attached hydrogens (tertiary/aromatic N) is 3. The third kappa shape index (κ3) is 6.22. The molecule has 0 atom stereocenters. The van der Waals surface area contributed by atoms with Crippen LogP contribution in [0.25, 0.3) is 0 Å². The molecule has 1 amide bonds. The van der Waals surface area contributed by atoms with E-state index in [0.29, 0.717) is 16.0 Å². The van der Waals surface area contributed by atoms with Crippen LogP contribution in [0.4, 0.5) is 5.69 Å². The van der Waals surface area contributed by atoms with E-state index in [1.807, 2.05) is 6.07 Å². The Labute approximate surface area is 177 Å². The van der Waals surface area contributed by atoms with Gasteiger partial charge in [0.1, 0.15) is 4.32 Å². The molecule has 2 rings (SSSR count). The molecular formula is C20H29N3OS3. The number of carbonyl (C=O) groups is 1. The van der Waals surface area contributed by atoms with E-state index in [4.69, 9.17) is 17.2 Å². The van der Waals surface area contributed by atoms with Crippen LogP contribution in [0.2, 0.25) is 0 Å². The lowest BCUT2D eigenvalue weighted by Gasteiger charge is -2.39. The van der Waals surface area contributed by atoms with Crippen molar-refractivity contribution in [3.63, 3.8) is 0 Å². The van der Waals surface area contributed by atoms with Gasteiger partial charge in [-0.15, -0.1) is 0 Å². The number of hydrogen-bond donors (Lipinski definition) is 0. The molecule has 0 saturated carbocycles. The predicted molar refractivity (Wildman–Crippen MR) is 124 cm³/mol. The highest BCUT2D eigenvalue weighted by Crippen LogP contribution is 2.35. The molecule has 0 aliphatic carbocycles. The van der Waals surface area contributed by atoms with Gasteiger partial charge >= 0.3 is 0 Å². The van der Waals surface area contributed by atoms with Gasteiger partial charge in [0.15, 0.2) is 5.17 Å². The standard InChI is InChI=1S/C20H29N3OS3/c1-14(2)15-9-7-8-10-16(15)21-18-23(12-20(3,4)13-27-18)19(25)26-11-17(24)22(5)6/h7-10,14H,11-13H2,1-6H3. The molecular weight excluding hydrogens is 394 g/mol. The third-order valence-corrected chi connectivity index (χ3v) is 7.15. The first-order valence-electron chi connectivity index (χ1n) is 9.05. The van der Waals surface area contributed by atoms with E-state index in [1.54, 1.807) is 30.8 Å². The number of amides is 1. The largest absolute Gasteiger partial charge is 0.348 e. The average molecular weight is 424 g/mol. The van der Waals surface area contributed by atoms with Crippen LogP contribution in [-0.2, 0) is 4.79 Å². The van der Waals surface area contributed by atoms with Crippen molar-refractivity contribution in [2.24, 2.45) is 10.4 Å². The van der Waals surface area contributed by atoms with Crippen LogP contribution in [0.3, 0.4) is 0 Å². The Hall–Kier alpha value is -1.05. The van der Waals surface area contributed by atoms with E-state index in [1.165, 1.54) is 17.3 Å². The molecule has 0 N–H and O–H groups in total. The Morgan fingerprint density at radius 3 is 2.67 bits per heavy atom. The lowest BCUT2D eigenvalue weighted by atomic mass is 9.96. The van der Waals surface area contributed by atoms with Crippen molar-refractivity contribution < 1.29 is 4.79 Å². The lowest BCUT2D eigenvalue weighted by Crippen LogP contribution is -2.45. The van der Waals surface area contributed by atoms with Crippen LogP contribution >= 0.6 is 35.7 Å². The van der Waals surface area contributed by atoms with Crippen LogP contribution in [0.1, 0.15) is 39.2 Å². The van der Waals surface area contributed by atoms with Gasteiger partial charge in [-0.05, 0) is 23.0 Å². The maximum atomic E-state index is 11.9. The zero-order valence-electron chi connectivity index (χ0n) is 17.0. The first-order valence-corrected chi connectivity index (χ1v) is 11.4. The number of thiocarbonyl (C=S) groups is 1. The monoisotopic (exact) mass is 423 g/mol. The number of amidine groups is 1. The SMILES string of the molecule is CC(C)c1ccccc1N=C1SCC(C)(C)CN1C(=S)SCC(=O)N(C)C. The predicted octanol–water partition coefficient (Wildman–Crippen LogP) is 4.98. The smallest absolute Gasteiger partial charge is 0.232 e. The zero-order chi connectivity index (χ0) is 20.2. The van der Waals surface area contributed by atoms with Crippen molar-refractivity contribution in [3.05, 3.63) is 29.8 Å². The second kappa shape index (κ2) is 9.43. The van der Waals surface area contributed by atoms with Gasteiger partial charge < -0.3 is 9.80 Å². The van der Waals surface area contributed by atoms with Gasteiger partial charge in [0.05, 0.1) is 11.4 Å². The summed E-state index contributed by atoms with van der Waals surface area (Å²) in [5, 5.41) is 0.928. The summed E-state index contributed by atoms with van der Waals surface area (Å²) < 4.78 is 0.714. The number of aliphatic imine (C=N–C) groups is 1. The number of rotatable bonds is 4. The Bertz CT molecular complexity index is 729. The molecule has 0 unspecified atom stereocenters. The molecule has 1 saturated heterocycles. The highest BCUT2D eigenvalue weighted by atomic mass is 32.2. The van der Waals surface area contributed by atoms with E-state index in [9.17, 15) is 4.79 Å². The van der Waals surface area contributed by atoms with Crippen LogP contribution in [0.15, 0.2) is 29.3 Å². The van der Waals surface area contributed by atoms with Gasteiger partial charge in [-0.25, -0.2) is 4.99 Å². The molecule has 0 radical (unpaired) electrons. The molecule has 1 aliphatic rings. The van der Waals surface area contributed by atoms with E-state index >= 15 is 0 Å². The van der Waals surface area contributed by atoms with Gasteiger partial charge in [-0.1, -0.05) is 81.6 Å². The first kappa shape index (κ1) is 22.2. The molecule has 7 heteroatoms. The fraction of sp³-hybridized carbons (Fsp3) is 0.550. The summed E-state index contributed by atoms with van der Waals surface area (Å²) in [5.41, 5.74) is 2.37. The van der Waals surface area contributed by atoms with Crippen LogP contribution in [0.5, 0.6) is 0 Å². The van der Waals surface area contributed by atoms with E-state index in [0.717, 1.165) is 23.2 Å². The van der Waals surface area contributed by atoms with Crippen LogP contribution in [-0.4, -0.2) is 57.3 Å². The quantitative estimate of drug-likeness (QED) is 0.638. The van der Waals surface area contributed by atoms with E-state index < -0.39 is 0 Å². The number of para-hydroxylation sites is 1. The Kier molecular flexibility index (Phi) is 7.77. The molecule has 1 aromatic rings. The summed E-state index contributed by atoms with van der Waals surface area (Å²) >= 11 is 8.84. The summed E-state index contributed by atoms with van der Waals surface area (Å²) in [5.74, 6) is 1.82. The zero-order valence-corrected chi connectivity index (χ0v) is 19.4. The van der Waals surface area contributed by atoms with Crippen molar-refractivity contribution >= 4 is 56.8 Å². The van der Waals surface area contributed by atoms with Gasteiger partial charge in [0.2, 0.25) is 5.91 Å². The molecule has 1 fully saturated rings. The minimum absolute atomic E-state index is 0.0647. The highest BCUT2D eigenvalue weighted by Gasteiger charge is 2.33. The van der Waals surface area contributed by atoms with Gasteiger partial charge in [-0.2, -0.15) is 0 Å². The van der Waals surface area contributed by atoms with Gasteiger partial charge in [0.25, 0.3) is 0 Å². The van der Waals surface area contributed by atoms with Crippen molar-refractivity contribution in [2.75, 3.05) is 32.1 Å². The summed E-state index contributed by atoms with van der Waals surface area (Å²) in [6.07, 6.45) is 0. The molecule has 27 heavy (non-hydrogen) atoms. The van der Waals surface area contributed by atoms with Crippen molar-refractivity contribution in [1.29, 1.82) is 0 Å². The lowest BCUT2D eigenvalue weighted by molar-refractivity contribution is -0.125. The minimum Gasteiger partial charge on any atom is -0.348 e. The third-order valence-electron chi connectivity index (χ3n) is 4.22. The van der Waals surface area contributed by atoms with E-state index in [-0.39, 0.29) is 11.3 Å². The fourth-order valence-electron chi connectivity index (χ4n) is 2.63. The molecule has 1 aromatic carbocycles. The number of carbonyl (C=O) groups excluding carboxylic acids is 1. The molecule has 0 spiro atoms. The van der Waals surface area contributed by atoms with Crippen molar-refractivity contribution in [3.8, 4) is 0 Å². The maximum Gasteiger partial charge on any atom is 0.232 e. The molecule has 4 nitrogen and oxygen atoms in total. The van der Waals surface area contributed by atoms with Crippen molar-refractivity contribution in [2.45, 2.75) is 33.6 Å². The fourth-order valence-corrected chi connectivity index (χ4v) is 4.97. The van der Waals surface area contributed by atoms with Gasteiger partial charge in [0, 0.05) is 26.4 Å². The summed E-state index contributed by atoms with van der Waals surface area (Å²) in [4.78, 5) is 20.6. The first-order chi connectivity index (χ1) is 12.6. The second-order valence-electron chi connectivity index (χ2n) is 7.99. The summed E-state index contributed by atoms with van der Waals surface area (Å²) in [6, 6.07) is 8.28. The normalized spacial score (nSPS) is 18.0.